The van der Waals surface area contributed by atoms with Gasteiger partial charge in [0.25, 0.3) is 0 Å². The zero-order valence-electron chi connectivity index (χ0n) is 8.79. The first-order chi connectivity index (χ1) is 5.54. The van der Waals surface area contributed by atoms with Crippen molar-refractivity contribution in [3.63, 3.8) is 0 Å². The van der Waals surface area contributed by atoms with Crippen LogP contribution in [0.2, 0.25) is 0 Å². The van der Waals surface area contributed by atoms with E-state index >= 15 is 0 Å². The molecule has 0 unspecified atom stereocenters. The Morgan fingerprint density at radius 2 is 1.50 bits per heavy atom. The third kappa shape index (κ3) is 4.66. The first kappa shape index (κ1) is 11.8. The van der Waals surface area contributed by atoms with Gasteiger partial charge in [-0.1, -0.05) is 38.2 Å². The van der Waals surface area contributed by atoms with E-state index in [9.17, 15) is 0 Å². The predicted molar refractivity (Wildman–Crippen MR) is 60.8 cm³/mol. The van der Waals surface area contributed by atoms with E-state index in [4.69, 9.17) is 0 Å². The number of rotatable bonds is 4. The van der Waals surface area contributed by atoms with Gasteiger partial charge >= 0.3 is 0 Å². The van der Waals surface area contributed by atoms with E-state index in [1.165, 1.54) is 0 Å². The summed E-state index contributed by atoms with van der Waals surface area (Å²) in [7, 11) is 0. The quantitative estimate of drug-likeness (QED) is 0.594. The lowest BCUT2D eigenvalue weighted by Gasteiger charge is -2.23. The van der Waals surface area contributed by atoms with Crippen LogP contribution in [0.4, 0.5) is 0 Å². The maximum Gasteiger partial charge on any atom is 0.0492 e. The molecule has 0 amide bonds. The Kier molecular flexibility index (Phi) is 5.39. The summed E-state index contributed by atoms with van der Waals surface area (Å²) in [4.78, 5) is 0. The average molecular weight is 184 g/mol. The van der Waals surface area contributed by atoms with Crippen LogP contribution >= 0.6 is 11.8 Å². The van der Waals surface area contributed by atoms with Crippen LogP contribution in [0.15, 0.2) is 24.3 Å². The molecule has 0 nitrogen and oxygen atoms in total. The van der Waals surface area contributed by atoms with E-state index < -0.39 is 0 Å². The zero-order chi connectivity index (χ0) is 9.61. The molecule has 0 aliphatic rings. The van der Waals surface area contributed by atoms with E-state index in [1.54, 1.807) is 0 Å². The van der Waals surface area contributed by atoms with Gasteiger partial charge in [0.1, 0.15) is 0 Å². The molecule has 70 valence electrons. The second-order valence-corrected chi connectivity index (χ2v) is 5.41. The van der Waals surface area contributed by atoms with Gasteiger partial charge in [-0.05, 0) is 20.8 Å². The van der Waals surface area contributed by atoms with Gasteiger partial charge in [0.15, 0.2) is 0 Å². The van der Waals surface area contributed by atoms with Gasteiger partial charge in [-0.15, -0.1) is 11.8 Å². The van der Waals surface area contributed by atoms with E-state index in [-0.39, 0.29) is 4.75 Å². The molecule has 0 aliphatic heterocycles. The number of allylic oxidation sites excluding steroid dienone is 2. The Bertz CT molecular complexity index is 154. The van der Waals surface area contributed by atoms with Gasteiger partial charge in [0.2, 0.25) is 0 Å². The van der Waals surface area contributed by atoms with E-state index in [1.807, 2.05) is 11.8 Å². The molecular formula is C11H20S. The van der Waals surface area contributed by atoms with E-state index in [0.29, 0.717) is 5.25 Å². The second kappa shape index (κ2) is 5.47. The first-order valence-corrected chi connectivity index (χ1v) is 5.37. The molecule has 0 bridgehead atoms. The number of hydrogen-bond acceptors (Lipinski definition) is 1. The molecule has 0 rings (SSSR count). The third-order valence-electron chi connectivity index (χ3n) is 1.48. The Hall–Kier alpha value is -0.170. The molecule has 0 aromatic carbocycles. The summed E-state index contributed by atoms with van der Waals surface area (Å²) >= 11 is 1.98. The lowest BCUT2D eigenvalue weighted by atomic mass is 10.1. The lowest BCUT2D eigenvalue weighted by Crippen LogP contribution is -2.15. The van der Waals surface area contributed by atoms with Crippen molar-refractivity contribution in [1.29, 1.82) is 0 Å². The first-order valence-electron chi connectivity index (χ1n) is 4.49. The van der Waals surface area contributed by atoms with E-state index in [0.717, 1.165) is 0 Å². The fraction of sp³-hybridized carbons (Fsp3) is 0.636. The third-order valence-corrected chi connectivity index (χ3v) is 2.74. The largest absolute Gasteiger partial charge is 0.144 e. The molecule has 0 saturated heterocycles. The SMILES string of the molecule is CC=CC(C)(C=CC)SC(C)C. The summed E-state index contributed by atoms with van der Waals surface area (Å²) in [6.45, 7) is 10.9. The Balaban J connectivity index is 4.38. The monoisotopic (exact) mass is 184 g/mol. The van der Waals surface area contributed by atoms with Crippen molar-refractivity contribution in [3.05, 3.63) is 24.3 Å². The molecule has 0 aromatic rings. The molecule has 0 radical (unpaired) electrons. The van der Waals surface area contributed by atoms with Crippen molar-refractivity contribution in [2.75, 3.05) is 0 Å². The van der Waals surface area contributed by atoms with Gasteiger partial charge in [-0.25, -0.2) is 0 Å². The van der Waals surface area contributed by atoms with Crippen molar-refractivity contribution in [2.24, 2.45) is 0 Å². The second-order valence-electron chi connectivity index (χ2n) is 3.35. The molecule has 0 aliphatic carbocycles. The van der Waals surface area contributed by atoms with Crippen LogP contribution in [0.25, 0.3) is 0 Å². The Labute approximate surface area is 81.1 Å². The van der Waals surface area contributed by atoms with Crippen LogP contribution in [0.3, 0.4) is 0 Å². The smallest absolute Gasteiger partial charge is 0.0492 e. The molecule has 12 heavy (non-hydrogen) atoms. The van der Waals surface area contributed by atoms with Gasteiger partial charge in [0, 0.05) is 10.00 Å². The minimum Gasteiger partial charge on any atom is -0.144 e. The number of hydrogen-bond donors (Lipinski definition) is 0. The van der Waals surface area contributed by atoms with Crippen molar-refractivity contribution in [1.82, 2.24) is 0 Å². The van der Waals surface area contributed by atoms with Crippen molar-refractivity contribution < 1.29 is 0 Å². The summed E-state index contributed by atoms with van der Waals surface area (Å²) < 4.78 is 0.178. The van der Waals surface area contributed by atoms with Gasteiger partial charge in [-0.3, -0.25) is 0 Å². The summed E-state index contributed by atoms with van der Waals surface area (Å²) in [5.41, 5.74) is 0. The predicted octanol–water partition coefficient (Wildman–Crippen LogP) is 4.04. The highest BCUT2D eigenvalue weighted by atomic mass is 32.2. The summed E-state index contributed by atoms with van der Waals surface area (Å²) in [5, 5.41) is 0.669. The fourth-order valence-corrected chi connectivity index (χ4v) is 2.75. The van der Waals surface area contributed by atoms with Crippen LogP contribution in [0, 0.1) is 0 Å². The molecule has 0 spiro atoms. The molecule has 1 heteroatoms. The molecule has 0 saturated carbocycles. The zero-order valence-corrected chi connectivity index (χ0v) is 9.61. The maximum absolute atomic E-state index is 2.25. The van der Waals surface area contributed by atoms with Crippen molar-refractivity contribution in [3.8, 4) is 0 Å². The van der Waals surface area contributed by atoms with Crippen LogP contribution < -0.4 is 0 Å². The lowest BCUT2D eigenvalue weighted by molar-refractivity contribution is 0.973. The standard InChI is InChI=1S/C11H20S/c1-6-8-11(5,9-7-2)12-10(3)4/h6-10H,1-5H3. The van der Waals surface area contributed by atoms with Gasteiger partial charge in [-0.2, -0.15) is 0 Å². The topological polar surface area (TPSA) is 0 Å². The molecule has 0 atom stereocenters. The molecule has 0 aromatic heterocycles. The molecule has 0 heterocycles. The van der Waals surface area contributed by atoms with Gasteiger partial charge < -0.3 is 0 Å². The minimum atomic E-state index is 0.178. The van der Waals surface area contributed by atoms with Crippen LogP contribution in [-0.2, 0) is 0 Å². The van der Waals surface area contributed by atoms with Crippen LogP contribution in [0.1, 0.15) is 34.6 Å². The molecule has 0 fully saturated rings. The average Bonchev–Trinajstić information content (AvgIpc) is 1.85. The molecular weight excluding hydrogens is 164 g/mol. The van der Waals surface area contributed by atoms with Crippen LogP contribution in [-0.4, -0.2) is 10.00 Å². The van der Waals surface area contributed by atoms with Crippen molar-refractivity contribution >= 4 is 11.8 Å². The number of thioether (sulfide) groups is 1. The van der Waals surface area contributed by atoms with E-state index in [2.05, 4.69) is 58.9 Å². The minimum absolute atomic E-state index is 0.178. The highest BCUT2D eigenvalue weighted by Gasteiger charge is 2.18. The van der Waals surface area contributed by atoms with Crippen LogP contribution in [0.5, 0.6) is 0 Å². The Morgan fingerprint density at radius 1 is 1.08 bits per heavy atom. The highest BCUT2D eigenvalue weighted by molar-refractivity contribution is 8.01. The Morgan fingerprint density at radius 3 is 1.75 bits per heavy atom. The van der Waals surface area contributed by atoms with Gasteiger partial charge in [0.05, 0.1) is 0 Å². The summed E-state index contributed by atoms with van der Waals surface area (Å²) in [6, 6.07) is 0. The normalized spacial score (nSPS) is 17.8. The maximum atomic E-state index is 2.25. The fourth-order valence-electron chi connectivity index (χ4n) is 1.30. The van der Waals surface area contributed by atoms with Crippen molar-refractivity contribution in [2.45, 2.75) is 44.6 Å². The summed E-state index contributed by atoms with van der Waals surface area (Å²) in [6.07, 6.45) is 8.74. The summed E-state index contributed by atoms with van der Waals surface area (Å²) in [5.74, 6) is 0. The molecule has 0 N–H and O–H groups in total. The highest BCUT2D eigenvalue weighted by Crippen LogP contribution is 2.31.